The van der Waals surface area contributed by atoms with Gasteiger partial charge >= 0.3 is 11.9 Å². The van der Waals surface area contributed by atoms with Crippen LogP contribution in [0.2, 0.25) is 0 Å². The first-order valence-corrected chi connectivity index (χ1v) is 10.7. The van der Waals surface area contributed by atoms with Crippen LogP contribution >= 0.6 is 0 Å². The Hall–Kier alpha value is -3.92. The van der Waals surface area contributed by atoms with Crippen LogP contribution in [0.5, 0.6) is 11.5 Å². The van der Waals surface area contributed by atoms with Gasteiger partial charge in [-0.15, -0.1) is 0 Å². The summed E-state index contributed by atoms with van der Waals surface area (Å²) < 4.78 is 10.8. The summed E-state index contributed by atoms with van der Waals surface area (Å²) in [4.78, 5) is 23.5. The van der Waals surface area contributed by atoms with Crippen LogP contribution in [0.4, 0.5) is 0 Å². The zero-order valence-corrected chi connectivity index (χ0v) is 19.5. The number of esters is 2. The van der Waals surface area contributed by atoms with Crippen LogP contribution in [-0.4, -0.2) is 11.9 Å². The number of hydrogen-bond donors (Lipinski definition) is 0. The molecule has 0 heterocycles. The first kappa shape index (κ1) is 23.7. The summed E-state index contributed by atoms with van der Waals surface area (Å²) in [6.07, 6.45) is 2.31. The van der Waals surface area contributed by atoms with E-state index in [0.717, 1.165) is 51.1 Å². The highest BCUT2D eigenvalue weighted by atomic mass is 16.5. The first-order chi connectivity index (χ1) is 15.7. The van der Waals surface area contributed by atoms with E-state index in [0.29, 0.717) is 11.5 Å². The summed E-state index contributed by atoms with van der Waals surface area (Å²) in [5.74, 6) is 0.0130. The van der Waals surface area contributed by atoms with Crippen LogP contribution in [-0.2, 0) is 9.59 Å². The van der Waals surface area contributed by atoms with Crippen molar-refractivity contribution in [2.45, 2.75) is 33.6 Å². The van der Waals surface area contributed by atoms with Crippen molar-refractivity contribution in [1.29, 1.82) is 0 Å². The first-order valence-electron chi connectivity index (χ1n) is 10.7. The predicted molar refractivity (Wildman–Crippen MR) is 131 cm³/mol. The van der Waals surface area contributed by atoms with E-state index in [2.05, 4.69) is 37.4 Å². The molecule has 0 saturated carbocycles. The molecule has 4 heteroatoms. The van der Waals surface area contributed by atoms with E-state index in [4.69, 9.17) is 9.47 Å². The minimum Gasteiger partial charge on any atom is -0.423 e. The van der Waals surface area contributed by atoms with Crippen molar-refractivity contribution in [3.8, 4) is 11.5 Å². The number of ether oxygens (including phenoxy) is 2. The lowest BCUT2D eigenvalue weighted by molar-refractivity contribution is -0.129. The third kappa shape index (κ3) is 5.29. The molecule has 0 unspecified atom stereocenters. The topological polar surface area (TPSA) is 52.6 Å². The van der Waals surface area contributed by atoms with Crippen LogP contribution in [0, 0.1) is 27.7 Å². The largest absolute Gasteiger partial charge is 0.423 e. The van der Waals surface area contributed by atoms with Gasteiger partial charge in [-0.1, -0.05) is 55.6 Å². The van der Waals surface area contributed by atoms with E-state index < -0.39 is 11.9 Å². The van der Waals surface area contributed by atoms with Crippen LogP contribution in [0.3, 0.4) is 0 Å². The van der Waals surface area contributed by atoms with E-state index in [-0.39, 0.29) is 5.92 Å². The Bertz CT molecular complexity index is 1140. The number of aryl methyl sites for hydroxylation is 4. The molecule has 33 heavy (non-hydrogen) atoms. The Morgan fingerprint density at radius 3 is 1.52 bits per heavy atom. The van der Waals surface area contributed by atoms with Gasteiger partial charge in [0.2, 0.25) is 0 Å². The number of benzene rings is 3. The molecule has 3 aromatic carbocycles. The van der Waals surface area contributed by atoms with Gasteiger partial charge in [0, 0.05) is 18.1 Å². The fourth-order valence-corrected chi connectivity index (χ4v) is 3.94. The van der Waals surface area contributed by atoms with Gasteiger partial charge in [-0.05, 0) is 78.8 Å². The average Bonchev–Trinajstić information content (AvgIpc) is 2.80. The molecular weight excluding hydrogens is 412 g/mol. The van der Waals surface area contributed by atoms with E-state index >= 15 is 0 Å². The summed E-state index contributed by atoms with van der Waals surface area (Å²) in [6, 6.07) is 18.2. The van der Waals surface area contributed by atoms with Crippen molar-refractivity contribution < 1.29 is 19.1 Å². The molecule has 0 N–H and O–H groups in total. The van der Waals surface area contributed by atoms with Gasteiger partial charge in [-0.25, -0.2) is 9.59 Å². The van der Waals surface area contributed by atoms with Crippen molar-refractivity contribution in [3.05, 3.63) is 119 Å². The summed E-state index contributed by atoms with van der Waals surface area (Å²) >= 11 is 0. The molecule has 0 amide bonds. The second-order valence-corrected chi connectivity index (χ2v) is 8.04. The fraction of sp³-hybridized carbons (Fsp3) is 0.172. The summed E-state index contributed by atoms with van der Waals surface area (Å²) in [6.45, 7) is 14.8. The second-order valence-electron chi connectivity index (χ2n) is 8.04. The SMILES string of the molecule is C=CC(=O)Oc1cc(C)c(C(c2ccccc2)c2cc(C)c(OC(=O)C=C)cc2C)cc1C. The standard InChI is InChI=1S/C29H28O4/c1-7-27(30)32-25-16-18(3)23(14-20(25)5)29(22-12-10-9-11-13-22)24-15-21(6)26(17-19(24)4)33-28(31)8-2/h7-17,29H,1-2H2,3-6H3. The normalized spacial score (nSPS) is 10.6. The fourth-order valence-electron chi connectivity index (χ4n) is 3.94. The monoisotopic (exact) mass is 440 g/mol. The number of hydrogen-bond acceptors (Lipinski definition) is 4. The van der Waals surface area contributed by atoms with E-state index in [1.54, 1.807) is 0 Å². The summed E-state index contributed by atoms with van der Waals surface area (Å²) in [5, 5.41) is 0. The lowest BCUT2D eigenvalue weighted by Crippen LogP contribution is -2.11. The Morgan fingerprint density at radius 2 is 1.12 bits per heavy atom. The molecule has 3 aromatic rings. The van der Waals surface area contributed by atoms with Crippen LogP contribution < -0.4 is 9.47 Å². The van der Waals surface area contributed by atoms with Gasteiger partial charge < -0.3 is 9.47 Å². The maximum absolute atomic E-state index is 11.7. The molecule has 0 aliphatic rings. The molecule has 0 atom stereocenters. The van der Waals surface area contributed by atoms with Gasteiger partial charge in [-0.2, -0.15) is 0 Å². The molecule has 0 spiro atoms. The Morgan fingerprint density at radius 1 is 0.697 bits per heavy atom. The lowest BCUT2D eigenvalue weighted by atomic mass is 9.80. The molecule has 0 saturated heterocycles. The quantitative estimate of drug-likeness (QED) is 0.188. The molecule has 168 valence electrons. The molecular formula is C29H28O4. The van der Waals surface area contributed by atoms with E-state index in [1.807, 2.05) is 58.0 Å². The summed E-state index contributed by atoms with van der Waals surface area (Å²) in [7, 11) is 0. The number of rotatable bonds is 7. The molecule has 3 rings (SSSR count). The molecule has 0 bridgehead atoms. The Labute approximate surface area is 195 Å². The number of carbonyl (C=O) groups is 2. The van der Waals surface area contributed by atoms with Crippen molar-refractivity contribution in [2.24, 2.45) is 0 Å². The Balaban J connectivity index is 2.17. The van der Waals surface area contributed by atoms with Crippen molar-refractivity contribution in [3.63, 3.8) is 0 Å². The highest BCUT2D eigenvalue weighted by molar-refractivity contribution is 5.84. The lowest BCUT2D eigenvalue weighted by Gasteiger charge is -2.25. The molecule has 0 fully saturated rings. The zero-order valence-electron chi connectivity index (χ0n) is 19.5. The van der Waals surface area contributed by atoms with Crippen molar-refractivity contribution >= 4 is 11.9 Å². The molecule has 0 aliphatic heterocycles. The van der Waals surface area contributed by atoms with Crippen LogP contribution in [0.25, 0.3) is 0 Å². The van der Waals surface area contributed by atoms with Crippen molar-refractivity contribution in [2.75, 3.05) is 0 Å². The second kappa shape index (κ2) is 10.1. The van der Waals surface area contributed by atoms with Gasteiger partial charge in [0.25, 0.3) is 0 Å². The Kier molecular flexibility index (Phi) is 7.29. The van der Waals surface area contributed by atoms with Gasteiger partial charge in [0.1, 0.15) is 11.5 Å². The minimum absolute atomic E-state index is 0.0584. The van der Waals surface area contributed by atoms with E-state index in [9.17, 15) is 9.59 Å². The third-order valence-electron chi connectivity index (χ3n) is 5.64. The van der Waals surface area contributed by atoms with E-state index in [1.165, 1.54) is 0 Å². The molecule has 0 aliphatic carbocycles. The van der Waals surface area contributed by atoms with Gasteiger partial charge in [-0.3, -0.25) is 0 Å². The summed E-state index contributed by atoms with van der Waals surface area (Å²) in [5.41, 5.74) is 7.07. The zero-order chi connectivity index (χ0) is 24.1. The predicted octanol–water partition coefficient (Wildman–Crippen LogP) is 6.28. The highest BCUT2D eigenvalue weighted by Gasteiger charge is 2.23. The van der Waals surface area contributed by atoms with Crippen molar-refractivity contribution in [1.82, 2.24) is 0 Å². The van der Waals surface area contributed by atoms with Crippen LogP contribution in [0.1, 0.15) is 44.9 Å². The van der Waals surface area contributed by atoms with Gasteiger partial charge in [0.15, 0.2) is 0 Å². The molecule has 0 radical (unpaired) electrons. The number of carbonyl (C=O) groups excluding carboxylic acids is 2. The third-order valence-corrected chi connectivity index (χ3v) is 5.64. The smallest absolute Gasteiger partial charge is 0.335 e. The van der Waals surface area contributed by atoms with Crippen LogP contribution in [0.15, 0.2) is 79.9 Å². The van der Waals surface area contributed by atoms with Gasteiger partial charge in [0.05, 0.1) is 0 Å². The average molecular weight is 441 g/mol. The molecule has 0 aromatic heterocycles. The maximum Gasteiger partial charge on any atom is 0.335 e. The maximum atomic E-state index is 11.7. The highest BCUT2D eigenvalue weighted by Crippen LogP contribution is 2.39. The molecule has 4 nitrogen and oxygen atoms in total. The minimum atomic E-state index is -0.485.